The van der Waals surface area contributed by atoms with Crippen LogP contribution in [-0.2, 0) is 0 Å². The maximum atomic E-state index is 13.5. The van der Waals surface area contributed by atoms with Crippen LogP contribution in [-0.4, -0.2) is 12.6 Å². The van der Waals surface area contributed by atoms with Crippen molar-refractivity contribution in [3.8, 4) is 0 Å². The third kappa shape index (κ3) is 4.04. The van der Waals surface area contributed by atoms with Crippen molar-refractivity contribution in [1.82, 2.24) is 5.32 Å². The van der Waals surface area contributed by atoms with Crippen molar-refractivity contribution in [1.29, 1.82) is 0 Å². The summed E-state index contributed by atoms with van der Waals surface area (Å²) in [6.45, 7) is 2.41. The van der Waals surface area contributed by atoms with Crippen molar-refractivity contribution in [2.75, 3.05) is 11.9 Å². The highest BCUT2D eigenvalue weighted by Crippen LogP contribution is 2.19. The average Bonchev–Trinajstić information content (AvgIpc) is 2.53. The molecule has 2 aromatic carbocycles. The Hall–Kier alpha value is -2.43. The number of hydrogen-bond acceptors (Lipinski definition) is 1. The lowest BCUT2D eigenvalue weighted by Gasteiger charge is -2.16. The Labute approximate surface area is 128 Å². The summed E-state index contributed by atoms with van der Waals surface area (Å²) in [4.78, 5) is 11.8. The number of para-hydroxylation sites is 1. The number of carbonyl (C=O) groups is 1. The van der Waals surface area contributed by atoms with Crippen LogP contribution in [0.3, 0.4) is 0 Å². The zero-order valence-electron chi connectivity index (χ0n) is 12.3. The molecule has 22 heavy (non-hydrogen) atoms. The predicted octanol–water partition coefficient (Wildman–Crippen LogP) is 4.28. The molecule has 0 heterocycles. The fraction of sp³-hybridized carbons (Fsp3) is 0.235. The van der Waals surface area contributed by atoms with Crippen molar-refractivity contribution in [3.05, 3.63) is 65.7 Å². The van der Waals surface area contributed by atoms with Crippen molar-refractivity contribution in [3.63, 3.8) is 0 Å². The first-order valence-electron chi connectivity index (χ1n) is 7.15. The van der Waals surface area contributed by atoms with Gasteiger partial charge in [0.05, 0.1) is 0 Å². The number of carbonyl (C=O) groups excluding carboxylic acids is 1. The fourth-order valence-electron chi connectivity index (χ4n) is 2.21. The maximum absolute atomic E-state index is 13.5. The van der Waals surface area contributed by atoms with Crippen molar-refractivity contribution in [2.24, 2.45) is 0 Å². The van der Waals surface area contributed by atoms with Gasteiger partial charge in [-0.2, -0.15) is 0 Å². The van der Waals surface area contributed by atoms with Crippen LogP contribution in [0.25, 0.3) is 0 Å². The molecule has 0 bridgehead atoms. The minimum absolute atomic E-state index is 0.150. The maximum Gasteiger partial charge on any atom is 0.319 e. The highest BCUT2D eigenvalue weighted by atomic mass is 19.1. The molecule has 3 nitrogen and oxygen atoms in total. The van der Waals surface area contributed by atoms with Crippen LogP contribution < -0.4 is 10.6 Å². The molecule has 1 atom stereocenters. The minimum atomic E-state index is -0.801. The number of anilines is 1. The molecule has 5 heteroatoms. The van der Waals surface area contributed by atoms with Gasteiger partial charge in [0, 0.05) is 12.5 Å². The van der Waals surface area contributed by atoms with Crippen LogP contribution >= 0.6 is 0 Å². The van der Waals surface area contributed by atoms with E-state index < -0.39 is 23.4 Å². The zero-order chi connectivity index (χ0) is 15.9. The number of benzene rings is 2. The van der Waals surface area contributed by atoms with Crippen molar-refractivity contribution >= 4 is 11.7 Å². The van der Waals surface area contributed by atoms with Gasteiger partial charge in [0.1, 0.15) is 17.3 Å². The molecule has 0 aliphatic heterocycles. The first-order valence-corrected chi connectivity index (χ1v) is 7.15. The summed E-state index contributed by atoms with van der Waals surface area (Å²) in [5.74, 6) is -1.45. The molecule has 0 aliphatic carbocycles. The van der Waals surface area contributed by atoms with E-state index in [1.165, 1.54) is 6.07 Å². The molecule has 0 aliphatic rings. The summed E-state index contributed by atoms with van der Waals surface area (Å²) in [5, 5.41) is 4.86. The summed E-state index contributed by atoms with van der Waals surface area (Å²) in [5.41, 5.74) is 0.676. The van der Waals surface area contributed by atoms with Crippen molar-refractivity contribution in [2.45, 2.75) is 19.3 Å². The van der Waals surface area contributed by atoms with Gasteiger partial charge in [-0.25, -0.2) is 13.6 Å². The van der Waals surface area contributed by atoms with E-state index >= 15 is 0 Å². The lowest BCUT2D eigenvalue weighted by molar-refractivity contribution is 0.251. The number of hydrogen-bond donors (Lipinski definition) is 2. The van der Waals surface area contributed by atoms with E-state index in [0.717, 1.165) is 24.1 Å². The van der Waals surface area contributed by atoms with Crippen LogP contribution in [0.2, 0.25) is 0 Å². The van der Waals surface area contributed by atoms with Crippen molar-refractivity contribution < 1.29 is 13.6 Å². The SMILES string of the molecule is CCC(CNC(=O)Nc1c(F)cccc1F)c1ccccc1. The van der Waals surface area contributed by atoms with E-state index in [1.807, 2.05) is 37.3 Å². The lowest BCUT2D eigenvalue weighted by atomic mass is 9.97. The Bertz CT molecular complexity index is 612. The Kier molecular flexibility index (Phi) is 5.47. The largest absolute Gasteiger partial charge is 0.337 e. The molecule has 2 rings (SSSR count). The van der Waals surface area contributed by atoms with Crippen LogP contribution in [0.1, 0.15) is 24.8 Å². The highest BCUT2D eigenvalue weighted by Gasteiger charge is 2.14. The van der Waals surface area contributed by atoms with Crippen LogP contribution in [0, 0.1) is 11.6 Å². The number of halogens is 2. The second-order valence-corrected chi connectivity index (χ2v) is 4.95. The van der Waals surface area contributed by atoms with E-state index in [4.69, 9.17) is 0 Å². The second kappa shape index (κ2) is 7.54. The Morgan fingerprint density at radius 1 is 1.05 bits per heavy atom. The summed E-state index contributed by atoms with van der Waals surface area (Å²) in [6, 6.07) is 12.6. The van der Waals surface area contributed by atoms with E-state index in [1.54, 1.807) is 0 Å². The number of urea groups is 1. The normalized spacial score (nSPS) is 11.8. The topological polar surface area (TPSA) is 41.1 Å². The highest BCUT2D eigenvalue weighted by molar-refractivity contribution is 5.89. The second-order valence-electron chi connectivity index (χ2n) is 4.95. The summed E-state index contributed by atoms with van der Waals surface area (Å²) in [6.07, 6.45) is 0.846. The first kappa shape index (κ1) is 15.9. The van der Waals surface area contributed by atoms with Gasteiger partial charge in [-0.05, 0) is 24.1 Å². The summed E-state index contributed by atoms with van der Waals surface area (Å²) < 4.78 is 26.9. The molecular formula is C17H18F2N2O. The van der Waals surface area contributed by atoms with Gasteiger partial charge in [0.2, 0.25) is 0 Å². The quantitative estimate of drug-likeness (QED) is 0.850. The smallest absolute Gasteiger partial charge is 0.319 e. The first-order chi connectivity index (χ1) is 10.6. The van der Waals surface area contributed by atoms with Crippen LogP contribution in [0.15, 0.2) is 48.5 Å². The Morgan fingerprint density at radius 2 is 1.68 bits per heavy atom. The predicted molar refractivity (Wildman–Crippen MR) is 82.9 cm³/mol. The summed E-state index contributed by atoms with van der Waals surface area (Å²) in [7, 11) is 0. The third-order valence-corrected chi connectivity index (χ3v) is 3.47. The zero-order valence-corrected chi connectivity index (χ0v) is 12.3. The van der Waals surface area contributed by atoms with E-state index in [-0.39, 0.29) is 5.92 Å². The van der Waals surface area contributed by atoms with Gasteiger partial charge >= 0.3 is 6.03 Å². The van der Waals surface area contributed by atoms with E-state index in [0.29, 0.717) is 6.54 Å². The lowest BCUT2D eigenvalue weighted by Crippen LogP contribution is -2.32. The standard InChI is InChI=1S/C17H18F2N2O/c1-2-12(13-7-4-3-5-8-13)11-20-17(22)21-16-14(18)9-6-10-15(16)19/h3-10,12H,2,11H2,1H3,(H2,20,21,22). The molecule has 0 aromatic heterocycles. The van der Waals surface area contributed by atoms with Gasteiger partial charge in [-0.1, -0.05) is 43.3 Å². The Balaban J connectivity index is 1.95. The minimum Gasteiger partial charge on any atom is -0.337 e. The van der Waals surface area contributed by atoms with E-state index in [9.17, 15) is 13.6 Å². The molecular weight excluding hydrogens is 286 g/mol. The van der Waals surface area contributed by atoms with Gasteiger partial charge < -0.3 is 10.6 Å². The molecule has 2 N–H and O–H groups in total. The van der Waals surface area contributed by atoms with Gasteiger partial charge in [0.15, 0.2) is 0 Å². The molecule has 0 saturated heterocycles. The number of nitrogens with one attached hydrogen (secondary N) is 2. The monoisotopic (exact) mass is 304 g/mol. The molecule has 116 valence electrons. The Morgan fingerprint density at radius 3 is 2.27 bits per heavy atom. The summed E-state index contributed by atoms with van der Waals surface area (Å²) >= 11 is 0. The van der Waals surface area contributed by atoms with Crippen LogP contribution in [0.5, 0.6) is 0 Å². The average molecular weight is 304 g/mol. The van der Waals surface area contributed by atoms with Crippen LogP contribution in [0.4, 0.5) is 19.3 Å². The fourth-order valence-corrected chi connectivity index (χ4v) is 2.21. The third-order valence-electron chi connectivity index (χ3n) is 3.47. The molecule has 0 radical (unpaired) electrons. The van der Waals surface area contributed by atoms with Gasteiger partial charge in [-0.3, -0.25) is 0 Å². The molecule has 0 spiro atoms. The molecule has 0 saturated carbocycles. The van der Waals surface area contributed by atoms with E-state index in [2.05, 4.69) is 10.6 Å². The molecule has 2 aromatic rings. The molecule has 2 amide bonds. The number of rotatable bonds is 5. The van der Waals surface area contributed by atoms with Gasteiger partial charge in [-0.15, -0.1) is 0 Å². The van der Waals surface area contributed by atoms with Gasteiger partial charge in [0.25, 0.3) is 0 Å². The number of amides is 2. The molecule has 0 fully saturated rings. The molecule has 1 unspecified atom stereocenters.